The lowest BCUT2D eigenvalue weighted by molar-refractivity contribution is 0.142. The lowest BCUT2D eigenvalue weighted by atomic mass is 10.0. The lowest BCUT2D eigenvalue weighted by Gasteiger charge is -2.32. The van der Waals surface area contributed by atoms with Gasteiger partial charge in [0.1, 0.15) is 5.82 Å². The second-order valence-electron chi connectivity index (χ2n) is 6.72. The molecular formula is C19H15FN4O3S. The van der Waals surface area contributed by atoms with E-state index in [1.165, 1.54) is 28.4 Å². The first-order valence-electron chi connectivity index (χ1n) is 8.79. The maximum absolute atomic E-state index is 13.9. The zero-order valence-electron chi connectivity index (χ0n) is 14.6. The first kappa shape index (κ1) is 16.9. The fraction of sp³-hybridized carbons (Fsp3) is 0.211. The second kappa shape index (κ2) is 6.16. The molecule has 2 N–H and O–H groups in total. The van der Waals surface area contributed by atoms with Crippen LogP contribution in [0.5, 0.6) is 0 Å². The molecule has 1 aliphatic heterocycles. The summed E-state index contributed by atoms with van der Waals surface area (Å²) in [4.78, 5) is 34.5. The van der Waals surface area contributed by atoms with E-state index >= 15 is 0 Å². The molecule has 2 aromatic carbocycles. The summed E-state index contributed by atoms with van der Waals surface area (Å²) >= 11 is 1.47. The quantitative estimate of drug-likeness (QED) is 0.481. The van der Waals surface area contributed by atoms with Crippen LogP contribution in [0.15, 0.2) is 35.3 Å². The summed E-state index contributed by atoms with van der Waals surface area (Å²) in [5, 5.41) is 12.4. The Balaban J connectivity index is 1.73. The molecule has 28 heavy (non-hydrogen) atoms. The highest BCUT2D eigenvalue weighted by atomic mass is 32.1. The number of halogens is 1. The Labute approximate surface area is 161 Å². The number of rotatable bonds is 1. The lowest BCUT2D eigenvalue weighted by Crippen LogP contribution is -2.48. The number of benzene rings is 2. The summed E-state index contributed by atoms with van der Waals surface area (Å²) in [6.45, 7) is 1.93. The number of thiazole rings is 1. The maximum Gasteiger partial charge on any atom is 0.407 e. The van der Waals surface area contributed by atoms with Gasteiger partial charge in [-0.25, -0.2) is 14.2 Å². The van der Waals surface area contributed by atoms with Crippen LogP contribution in [-0.2, 0) is 0 Å². The summed E-state index contributed by atoms with van der Waals surface area (Å²) in [5.74, 6) is -0.406. The Morgan fingerprint density at radius 2 is 1.93 bits per heavy atom. The number of hydrogen-bond donors (Lipinski definition) is 2. The predicted octanol–water partition coefficient (Wildman–Crippen LogP) is 3.23. The van der Waals surface area contributed by atoms with E-state index in [4.69, 9.17) is 10.1 Å². The molecule has 142 valence electrons. The van der Waals surface area contributed by atoms with E-state index in [0.717, 1.165) is 26.1 Å². The third-order valence-corrected chi connectivity index (χ3v) is 6.30. The van der Waals surface area contributed by atoms with Crippen molar-refractivity contribution in [2.24, 2.45) is 0 Å². The zero-order valence-corrected chi connectivity index (χ0v) is 15.4. The molecule has 1 amide bonds. The molecule has 5 rings (SSSR count). The summed E-state index contributed by atoms with van der Waals surface area (Å²) < 4.78 is 14.8. The molecule has 0 bridgehead atoms. The van der Waals surface area contributed by atoms with Crippen LogP contribution < -0.4 is 10.5 Å². The number of pyridine rings is 1. The van der Waals surface area contributed by atoms with Gasteiger partial charge in [0.25, 0.3) is 5.56 Å². The van der Waals surface area contributed by atoms with Crippen LogP contribution in [0.25, 0.3) is 31.8 Å². The average molecular weight is 398 g/mol. The number of nitrogens with one attached hydrogen (secondary N) is 1. The standard InChI is InChI=1S/C19H15FN4O3S/c20-10-1-2-11-13(9-10)14-12(3-4-21-17(14)25)16-15(11)22-18(28-16)23-5-7-24(8-6-23)19(26)27/h1-4,9H,5-8H2,(H,21,25)(H,26,27). The first-order chi connectivity index (χ1) is 13.5. The van der Waals surface area contributed by atoms with Gasteiger partial charge in [0, 0.05) is 48.5 Å². The predicted molar refractivity (Wildman–Crippen MR) is 107 cm³/mol. The molecule has 2 aromatic heterocycles. The zero-order chi connectivity index (χ0) is 19.4. The van der Waals surface area contributed by atoms with Gasteiger partial charge >= 0.3 is 6.09 Å². The third kappa shape index (κ3) is 2.50. The van der Waals surface area contributed by atoms with Gasteiger partial charge in [-0.15, -0.1) is 0 Å². The number of H-pyrrole nitrogens is 1. The first-order valence-corrected chi connectivity index (χ1v) is 9.60. The molecule has 0 spiro atoms. The molecule has 1 saturated heterocycles. The smallest absolute Gasteiger partial charge is 0.407 e. The van der Waals surface area contributed by atoms with Crippen LogP contribution in [0.2, 0.25) is 0 Å². The molecule has 1 aliphatic rings. The molecule has 7 nitrogen and oxygen atoms in total. The number of amides is 1. The third-order valence-electron chi connectivity index (χ3n) is 5.15. The molecule has 0 aliphatic carbocycles. The fourth-order valence-corrected chi connectivity index (χ4v) is 4.93. The molecule has 1 fully saturated rings. The van der Waals surface area contributed by atoms with Crippen molar-refractivity contribution in [3.05, 3.63) is 46.6 Å². The molecule has 9 heteroatoms. The molecule has 0 atom stereocenters. The number of fused-ring (bicyclic) bond motifs is 6. The van der Waals surface area contributed by atoms with E-state index in [1.54, 1.807) is 12.3 Å². The number of piperazine rings is 1. The minimum absolute atomic E-state index is 0.264. The maximum atomic E-state index is 13.9. The largest absolute Gasteiger partial charge is 0.465 e. The number of hydrogen-bond acceptors (Lipinski definition) is 5. The monoisotopic (exact) mass is 398 g/mol. The van der Waals surface area contributed by atoms with E-state index in [1.807, 2.05) is 6.07 Å². The molecule has 0 radical (unpaired) electrons. The van der Waals surface area contributed by atoms with Crippen LogP contribution in [0.3, 0.4) is 0 Å². The van der Waals surface area contributed by atoms with Crippen molar-refractivity contribution < 1.29 is 14.3 Å². The minimum Gasteiger partial charge on any atom is -0.465 e. The van der Waals surface area contributed by atoms with Crippen molar-refractivity contribution >= 4 is 54.3 Å². The number of aromatic nitrogens is 2. The fourth-order valence-electron chi connectivity index (χ4n) is 3.76. The van der Waals surface area contributed by atoms with Crippen molar-refractivity contribution in [3.63, 3.8) is 0 Å². The minimum atomic E-state index is -0.915. The van der Waals surface area contributed by atoms with Gasteiger partial charge in [0.05, 0.1) is 15.6 Å². The Morgan fingerprint density at radius 3 is 2.68 bits per heavy atom. The Hall–Kier alpha value is -3.20. The molecule has 0 unspecified atom stereocenters. The molecule has 0 saturated carbocycles. The van der Waals surface area contributed by atoms with Crippen molar-refractivity contribution in [1.82, 2.24) is 14.9 Å². The summed E-state index contributed by atoms with van der Waals surface area (Å²) in [5.41, 5.74) is 0.466. The van der Waals surface area contributed by atoms with Crippen molar-refractivity contribution in [2.75, 3.05) is 31.1 Å². The Morgan fingerprint density at radius 1 is 1.14 bits per heavy atom. The van der Waals surface area contributed by atoms with Gasteiger partial charge in [-0.2, -0.15) is 0 Å². The highest BCUT2D eigenvalue weighted by Gasteiger charge is 2.24. The van der Waals surface area contributed by atoms with E-state index in [9.17, 15) is 14.0 Å². The van der Waals surface area contributed by atoms with Gasteiger partial charge in [-0.1, -0.05) is 11.3 Å². The highest BCUT2D eigenvalue weighted by Crippen LogP contribution is 2.39. The van der Waals surface area contributed by atoms with Crippen LogP contribution in [0, 0.1) is 5.82 Å². The summed E-state index contributed by atoms with van der Waals surface area (Å²) in [7, 11) is 0. The number of anilines is 1. The van der Waals surface area contributed by atoms with Crippen LogP contribution >= 0.6 is 11.3 Å². The number of nitrogens with zero attached hydrogens (tertiary/aromatic N) is 3. The van der Waals surface area contributed by atoms with Crippen molar-refractivity contribution in [1.29, 1.82) is 0 Å². The number of carboxylic acid groups (broad SMARTS) is 1. The van der Waals surface area contributed by atoms with E-state index < -0.39 is 11.9 Å². The Kier molecular flexibility index (Phi) is 3.73. The molecular weight excluding hydrogens is 383 g/mol. The van der Waals surface area contributed by atoms with Crippen molar-refractivity contribution in [2.45, 2.75) is 0 Å². The Bertz CT molecular complexity index is 1310. The van der Waals surface area contributed by atoms with Crippen LogP contribution in [-0.4, -0.2) is 52.2 Å². The average Bonchev–Trinajstić information content (AvgIpc) is 3.13. The van der Waals surface area contributed by atoms with Gasteiger partial charge < -0.3 is 19.9 Å². The SMILES string of the molecule is O=C(O)N1CCN(c2nc3c4ccc(F)cc4c4c(=O)[nH]ccc4c3s2)CC1. The van der Waals surface area contributed by atoms with Gasteiger partial charge in [-0.3, -0.25) is 4.79 Å². The molecule has 4 aromatic rings. The normalized spacial score (nSPS) is 15.0. The summed E-state index contributed by atoms with van der Waals surface area (Å²) in [6.07, 6.45) is 0.669. The second-order valence-corrected chi connectivity index (χ2v) is 7.69. The van der Waals surface area contributed by atoms with E-state index in [-0.39, 0.29) is 5.56 Å². The number of aromatic amines is 1. The van der Waals surface area contributed by atoms with Crippen molar-refractivity contribution in [3.8, 4) is 0 Å². The van der Waals surface area contributed by atoms with Gasteiger partial charge in [0.15, 0.2) is 5.13 Å². The van der Waals surface area contributed by atoms with Gasteiger partial charge in [0.2, 0.25) is 0 Å². The van der Waals surface area contributed by atoms with E-state index in [2.05, 4.69) is 9.88 Å². The molecule has 3 heterocycles. The topological polar surface area (TPSA) is 89.5 Å². The van der Waals surface area contributed by atoms with Crippen LogP contribution in [0.1, 0.15) is 0 Å². The van der Waals surface area contributed by atoms with Crippen LogP contribution in [0.4, 0.5) is 14.3 Å². The summed E-state index contributed by atoms with van der Waals surface area (Å²) in [6, 6.07) is 6.21. The van der Waals surface area contributed by atoms with E-state index in [0.29, 0.717) is 37.0 Å². The number of carbonyl (C=O) groups is 1. The highest BCUT2D eigenvalue weighted by molar-refractivity contribution is 7.23. The van der Waals surface area contributed by atoms with Gasteiger partial charge in [-0.05, 0) is 24.3 Å².